The van der Waals surface area contributed by atoms with E-state index in [9.17, 15) is 9.59 Å². The Bertz CT molecular complexity index is 551. The molecule has 118 valence electrons. The van der Waals surface area contributed by atoms with E-state index in [0.717, 1.165) is 12.8 Å². The van der Waals surface area contributed by atoms with E-state index in [1.807, 2.05) is 35.7 Å². The maximum absolute atomic E-state index is 12.1. The SMILES string of the molecule is C[C@H](OC(=O)c1ccc(C2SCCS2)cc1)C(=O)NC1CC1. The number of rotatable bonds is 5. The maximum Gasteiger partial charge on any atom is 0.338 e. The van der Waals surface area contributed by atoms with E-state index >= 15 is 0 Å². The summed E-state index contributed by atoms with van der Waals surface area (Å²) in [6.45, 7) is 1.61. The fraction of sp³-hybridized carbons (Fsp3) is 0.500. The normalized spacial score (nSPS) is 19.7. The lowest BCUT2D eigenvalue weighted by atomic mass is 10.1. The highest BCUT2D eigenvalue weighted by Gasteiger charge is 2.27. The van der Waals surface area contributed by atoms with Crippen molar-refractivity contribution in [2.75, 3.05) is 11.5 Å². The quantitative estimate of drug-likeness (QED) is 0.837. The zero-order chi connectivity index (χ0) is 15.5. The van der Waals surface area contributed by atoms with Crippen LogP contribution in [-0.2, 0) is 9.53 Å². The highest BCUT2D eigenvalue weighted by Crippen LogP contribution is 2.45. The van der Waals surface area contributed by atoms with E-state index in [4.69, 9.17) is 4.74 Å². The van der Waals surface area contributed by atoms with Gasteiger partial charge in [0, 0.05) is 17.5 Å². The van der Waals surface area contributed by atoms with E-state index in [0.29, 0.717) is 10.1 Å². The monoisotopic (exact) mass is 337 g/mol. The molecule has 1 amide bonds. The molecule has 1 saturated heterocycles. The van der Waals surface area contributed by atoms with E-state index < -0.39 is 12.1 Å². The number of thioether (sulfide) groups is 2. The van der Waals surface area contributed by atoms with Gasteiger partial charge in [-0.3, -0.25) is 4.79 Å². The summed E-state index contributed by atoms with van der Waals surface area (Å²) in [5.41, 5.74) is 1.71. The van der Waals surface area contributed by atoms with Crippen molar-refractivity contribution in [2.24, 2.45) is 0 Å². The molecule has 1 heterocycles. The van der Waals surface area contributed by atoms with Crippen LogP contribution in [0.15, 0.2) is 24.3 Å². The number of hydrogen-bond donors (Lipinski definition) is 1. The predicted octanol–water partition coefficient (Wildman–Crippen LogP) is 2.99. The fourth-order valence-corrected chi connectivity index (χ4v) is 5.01. The number of carbonyl (C=O) groups excluding carboxylic acids is 2. The molecule has 1 aromatic carbocycles. The molecule has 0 spiro atoms. The second-order valence-corrected chi connectivity index (χ2v) is 8.25. The van der Waals surface area contributed by atoms with Crippen molar-refractivity contribution in [3.63, 3.8) is 0 Å². The Morgan fingerprint density at radius 1 is 1.18 bits per heavy atom. The number of nitrogens with one attached hydrogen (secondary N) is 1. The minimum absolute atomic E-state index is 0.216. The molecule has 1 aliphatic carbocycles. The summed E-state index contributed by atoms with van der Waals surface area (Å²) in [4.78, 5) is 23.9. The number of benzene rings is 1. The summed E-state index contributed by atoms with van der Waals surface area (Å²) in [5.74, 6) is 1.68. The van der Waals surface area contributed by atoms with Gasteiger partial charge in [-0.1, -0.05) is 12.1 Å². The van der Waals surface area contributed by atoms with Gasteiger partial charge in [0.25, 0.3) is 5.91 Å². The number of esters is 1. The van der Waals surface area contributed by atoms with E-state index in [2.05, 4.69) is 5.32 Å². The lowest BCUT2D eigenvalue weighted by molar-refractivity contribution is -0.129. The van der Waals surface area contributed by atoms with Crippen LogP contribution >= 0.6 is 23.5 Å². The van der Waals surface area contributed by atoms with Gasteiger partial charge >= 0.3 is 5.97 Å². The van der Waals surface area contributed by atoms with Crippen molar-refractivity contribution in [2.45, 2.75) is 36.5 Å². The average molecular weight is 337 g/mol. The van der Waals surface area contributed by atoms with Gasteiger partial charge in [-0.25, -0.2) is 4.79 Å². The third-order valence-electron chi connectivity index (χ3n) is 3.62. The van der Waals surface area contributed by atoms with Gasteiger partial charge in [0.05, 0.1) is 10.1 Å². The van der Waals surface area contributed by atoms with Crippen LogP contribution in [0.3, 0.4) is 0 Å². The van der Waals surface area contributed by atoms with Crippen LogP contribution in [-0.4, -0.2) is 35.5 Å². The van der Waals surface area contributed by atoms with Gasteiger partial charge in [-0.2, -0.15) is 0 Å². The molecule has 0 aromatic heterocycles. The predicted molar refractivity (Wildman–Crippen MR) is 90.1 cm³/mol. The molecular formula is C16H19NO3S2. The first-order valence-corrected chi connectivity index (χ1v) is 9.58. The third-order valence-corrected chi connectivity index (χ3v) is 6.72. The molecule has 1 atom stereocenters. The Morgan fingerprint density at radius 3 is 2.41 bits per heavy atom. The molecule has 1 N–H and O–H groups in total. The van der Waals surface area contributed by atoms with Crippen molar-refractivity contribution in [3.8, 4) is 0 Å². The third kappa shape index (κ3) is 3.98. The molecular weight excluding hydrogens is 318 g/mol. The van der Waals surface area contributed by atoms with Crippen molar-refractivity contribution in [3.05, 3.63) is 35.4 Å². The first-order valence-electron chi connectivity index (χ1n) is 7.48. The van der Waals surface area contributed by atoms with Crippen molar-refractivity contribution < 1.29 is 14.3 Å². The molecule has 0 unspecified atom stereocenters. The second-order valence-electron chi connectivity index (χ2n) is 5.53. The van der Waals surface area contributed by atoms with Gasteiger partial charge in [0.2, 0.25) is 0 Å². The largest absolute Gasteiger partial charge is 0.449 e. The Balaban J connectivity index is 1.55. The summed E-state index contributed by atoms with van der Waals surface area (Å²) in [5, 5.41) is 2.83. The summed E-state index contributed by atoms with van der Waals surface area (Å²) in [6, 6.07) is 7.78. The molecule has 6 heteroatoms. The summed E-state index contributed by atoms with van der Waals surface area (Å²) >= 11 is 3.86. The summed E-state index contributed by atoms with van der Waals surface area (Å²) in [6.07, 6.45) is 1.28. The highest BCUT2D eigenvalue weighted by atomic mass is 32.2. The lowest BCUT2D eigenvalue weighted by Gasteiger charge is -2.14. The smallest absolute Gasteiger partial charge is 0.338 e. The van der Waals surface area contributed by atoms with Crippen LogP contribution in [0.25, 0.3) is 0 Å². The van der Waals surface area contributed by atoms with Gasteiger partial charge in [0.15, 0.2) is 6.10 Å². The minimum Gasteiger partial charge on any atom is -0.449 e. The molecule has 2 aliphatic rings. The van der Waals surface area contributed by atoms with E-state index in [-0.39, 0.29) is 11.9 Å². The topological polar surface area (TPSA) is 55.4 Å². The molecule has 3 rings (SSSR count). The Labute approximate surface area is 138 Å². The molecule has 0 radical (unpaired) electrons. The lowest BCUT2D eigenvalue weighted by Crippen LogP contribution is -2.37. The first-order chi connectivity index (χ1) is 10.6. The molecule has 2 fully saturated rings. The Morgan fingerprint density at radius 2 is 1.82 bits per heavy atom. The zero-order valence-electron chi connectivity index (χ0n) is 12.4. The van der Waals surface area contributed by atoms with Crippen LogP contribution in [0.2, 0.25) is 0 Å². The summed E-state index contributed by atoms with van der Waals surface area (Å²) in [7, 11) is 0. The Kier molecular flexibility index (Phi) is 4.98. The molecule has 4 nitrogen and oxygen atoms in total. The van der Waals surface area contributed by atoms with Crippen LogP contribution in [0, 0.1) is 0 Å². The van der Waals surface area contributed by atoms with Gasteiger partial charge < -0.3 is 10.1 Å². The number of hydrogen-bond acceptors (Lipinski definition) is 5. The van der Waals surface area contributed by atoms with E-state index in [1.54, 1.807) is 19.1 Å². The van der Waals surface area contributed by atoms with Crippen LogP contribution in [0.5, 0.6) is 0 Å². The molecule has 1 aliphatic heterocycles. The zero-order valence-corrected chi connectivity index (χ0v) is 14.0. The van der Waals surface area contributed by atoms with Crippen LogP contribution in [0.1, 0.15) is 40.3 Å². The standard InChI is InChI=1S/C16H19NO3S2/c1-10(14(18)17-13-6-7-13)20-15(19)11-2-4-12(5-3-11)16-21-8-9-22-16/h2-5,10,13,16H,6-9H2,1H3,(H,17,18)/t10-/m0/s1. The molecule has 1 aromatic rings. The van der Waals surface area contributed by atoms with Crippen molar-refractivity contribution in [1.29, 1.82) is 0 Å². The van der Waals surface area contributed by atoms with Crippen LogP contribution < -0.4 is 5.32 Å². The average Bonchev–Trinajstić information content (AvgIpc) is 3.17. The van der Waals surface area contributed by atoms with E-state index in [1.165, 1.54) is 17.1 Å². The number of amides is 1. The fourth-order valence-electron chi connectivity index (χ4n) is 2.16. The minimum atomic E-state index is -0.756. The summed E-state index contributed by atoms with van der Waals surface area (Å²) < 4.78 is 5.70. The van der Waals surface area contributed by atoms with Crippen molar-refractivity contribution in [1.82, 2.24) is 5.32 Å². The number of ether oxygens (including phenoxy) is 1. The molecule has 22 heavy (non-hydrogen) atoms. The molecule has 0 bridgehead atoms. The van der Waals surface area contributed by atoms with Crippen molar-refractivity contribution >= 4 is 35.4 Å². The van der Waals surface area contributed by atoms with Gasteiger partial charge in [0.1, 0.15) is 0 Å². The van der Waals surface area contributed by atoms with Gasteiger partial charge in [-0.05, 0) is 37.5 Å². The van der Waals surface area contributed by atoms with Gasteiger partial charge in [-0.15, -0.1) is 23.5 Å². The molecule has 1 saturated carbocycles. The second kappa shape index (κ2) is 6.96. The maximum atomic E-state index is 12.1. The Hall–Kier alpha value is -1.14. The number of carbonyl (C=O) groups is 2. The van der Waals surface area contributed by atoms with Crippen LogP contribution in [0.4, 0.5) is 0 Å². The highest BCUT2D eigenvalue weighted by molar-refractivity contribution is 8.19. The first kappa shape index (κ1) is 15.7.